The second-order valence-corrected chi connectivity index (χ2v) is 3.82. The van der Waals surface area contributed by atoms with Crippen LogP contribution in [-0.4, -0.2) is 45.8 Å². The van der Waals surface area contributed by atoms with Crippen LogP contribution in [0.15, 0.2) is 0 Å². The molecule has 0 amide bonds. The van der Waals surface area contributed by atoms with E-state index in [-0.39, 0.29) is 0 Å². The number of hydrogen-bond acceptors (Lipinski definition) is 5. The highest BCUT2D eigenvalue weighted by atomic mass is 16.7. The van der Waals surface area contributed by atoms with Crippen LogP contribution in [0.4, 0.5) is 4.79 Å². The average Bonchev–Trinajstić information content (AvgIpc) is 2.37. The summed E-state index contributed by atoms with van der Waals surface area (Å²) in [6.45, 7) is 7.47. The fourth-order valence-electron chi connectivity index (χ4n) is 1.17. The normalized spacial score (nSPS) is 10.3. The predicted octanol–water partition coefficient (Wildman–Crippen LogP) is 2.77. The van der Waals surface area contributed by atoms with Crippen LogP contribution in [0.5, 0.6) is 0 Å². The Morgan fingerprint density at radius 2 is 1.39 bits per heavy atom. The van der Waals surface area contributed by atoms with Gasteiger partial charge >= 0.3 is 6.16 Å². The summed E-state index contributed by atoms with van der Waals surface area (Å²) >= 11 is 0. The summed E-state index contributed by atoms with van der Waals surface area (Å²) in [6.07, 6.45) is 2.97. The highest BCUT2D eigenvalue weighted by Crippen LogP contribution is 1.95. The van der Waals surface area contributed by atoms with Crippen molar-refractivity contribution in [1.82, 2.24) is 0 Å². The smallest absolute Gasteiger partial charge is 0.434 e. The van der Waals surface area contributed by atoms with Gasteiger partial charge in [0.1, 0.15) is 0 Å². The van der Waals surface area contributed by atoms with Crippen LogP contribution >= 0.6 is 0 Å². The predicted molar refractivity (Wildman–Crippen MR) is 68.8 cm³/mol. The molecule has 108 valence electrons. The fraction of sp³-hybridized carbons (Fsp3) is 0.923. The van der Waals surface area contributed by atoms with Crippen LogP contribution < -0.4 is 0 Å². The lowest BCUT2D eigenvalue weighted by Gasteiger charge is -2.06. The molecule has 0 atom stereocenters. The van der Waals surface area contributed by atoms with E-state index in [4.69, 9.17) is 18.9 Å². The molecule has 0 aromatic carbocycles. The van der Waals surface area contributed by atoms with Crippen molar-refractivity contribution in [3.05, 3.63) is 0 Å². The molecule has 0 aromatic rings. The second-order valence-electron chi connectivity index (χ2n) is 3.82. The van der Waals surface area contributed by atoms with Gasteiger partial charge in [0.15, 0.2) is 0 Å². The largest absolute Gasteiger partial charge is 0.508 e. The Hall–Kier alpha value is -0.810. The molecule has 0 aliphatic heterocycles. The summed E-state index contributed by atoms with van der Waals surface area (Å²) in [4.78, 5) is 11.0. The van der Waals surface area contributed by atoms with Crippen molar-refractivity contribution in [2.45, 2.75) is 39.5 Å². The molecule has 0 radical (unpaired) electrons. The third-order valence-electron chi connectivity index (χ3n) is 2.20. The van der Waals surface area contributed by atoms with Gasteiger partial charge in [0.25, 0.3) is 0 Å². The monoisotopic (exact) mass is 262 g/mol. The molecule has 0 aliphatic carbocycles. The van der Waals surface area contributed by atoms with Crippen molar-refractivity contribution in [3.8, 4) is 0 Å². The van der Waals surface area contributed by atoms with E-state index in [9.17, 15) is 4.79 Å². The van der Waals surface area contributed by atoms with E-state index in [2.05, 4.69) is 0 Å². The summed E-state index contributed by atoms with van der Waals surface area (Å²) in [6, 6.07) is 0. The number of unbranched alkanes of at least 4 members (excludes halogenated alkanes) is 2. The maximum Gasteiger partial charge on any atom is 0.508 e. The molecule has 0 N–H and O–H groups in total. The molecule has 0 fully saturated rings. The van der Waals surface area contributed by atoms with Crippen molar-refractivity contribution in [2.24, 2.45) is 0 Å². The maximum absolute atomic E-state index is 11.0. The van der Waals surface area contributed by atoms with Gasteiger partial charge < -0.3 is 18.9 Å². The zero-order chi connectivity index (χ0) is 13.5. The van der Waals surface area contributed by atoms with Crippen LogP contribution in [0, 0.1) is 0 Å². The van der Waals surface area contributed by atoms with Crippen LogP contribution in [0.2, 0.25) is 0 Å². The molecule has 0 spiro atoms. The van der Waals surface area contributed by atoms with Gasteiger partial charge in [0, 0.05) is 13.2 Å². The van der Waals surface area contributed by atoms with Gasteiger partial charge in [-0.3, -0.25) is 0 Å². The SMILES string of the molecule is CCCCOC(=O)OCCCCOCCOCC. The Balaban J connectivity index is 3.08. The van der Waals surface area contributed by atoms with Crippen LogP contribution in [0.1, 0.15) is 39.5 Å². The fourth-order valence-corrected chi connectivity index (χ4v) is 1.17. The third-order valence-corrected chi connectivity index (χ3v) is 2.20. The third kappa shape index (κ3) is 13.3. The van der Waals surface area contributed by atoms with Crippen molar-refractivity contribution in [3.63, 3.8) is 0 Å². The molecular formula is C13H26O5. The number of hydrogen-bond donors (Lipinski definition) is 0. The van der Waals surface area contributed by atoms with Crippen molar-refractivity contribution in [1.29, 1.82) is 0 Å². The van der Waals surface area contributed by atoms with Gasteiger partial charge in [0.05, 0.1) is 26.4 Å². The molecule has 18 heavy (non-hydrogen) atoms. The van der Waals surface area contributed by atoms with E-state index < -0.39 is 6.16 Å². The Bertz CT molecular complexity index is 184. The summed E-state index contributed by atoms with van der Waals surface area (Å²) in [7, 11) is 0. The van der Waals surface area contributed by atoms with Crippen LogP contribution in [-0.2, 0) is 18.9 Å². The zero-order valence-corrected chi connectivity index (χ0v) is 11.6. The van der Waals surface area contributed by atoms with Gasteiger partial charge in [-0.2, -0.15) is 0 Å². The van der Waals surface area contributed by atoms with Gasteiger partial charge in [-0.1, -0.05) is 13.3 Å². The Morgan fingerprint density at radius 1 is 0.778 bits per heavy atom. The molecular weight excluding hydrogens is 236 g/mol. The van der Waals surface area contributed by atoms with Gasteiger partial charge in [-0.25, -0.2) is 4.79 Å². The molecule has 0 aliphatic rings. The minimum atomic E-state index is -0.569. The first kappa shape index (κ1) is 17.2. The zero-order valence-electron chi connectivity index (χ0n) is 11.6. The highest BCUT2D eigenvalue weighted by molar-refractivity contribution is 5.59. The number of ether oxygens (including phenoxy) is 4. The molecule has 5 nitrogen and oxygen atoms in total. The van der Waals surface area contributed by atoms with Crippen molar-refractivity contribution in [2.75, 3.05) is 39.6 Å². The lowest BCUT2D eigenvalue weighted by molar-refractivity contribution is 0.0410. The van der Waals surface area contributed by atoms with E-state index >= 15 is 0 Å². The topological polar surface area (TPSA) is 54.0 Å². The highest BCUT2D eigenvalue weighted by Gasteiger charge is 2.02. The van der Waals surface area contributed by atoms with Gasteiger partial charge in [-0.15, -0.1) is 0 Å². The Morgan fingerprint density at radius 3 is 2.06 bits per heavy atom. The quantitative estimate of drug-likeness (QED) is 0.400. The minimum absolute atomic E-state index is 0.389. The van der Waals surface area contributed by atoms with E-state index in [0.717, 1.165) is 32.3 Å². The summed E-state index contributed by atoms with van der Waals surface area (Å²) < 4.78 is 20.2. The maximum atomic E-state index is 11.0. The molecule has 0 saturated heterocycles. The molecule has 0 aromatic heterocycles. The molecule has 0 bridgehead atoms. The van der Waals surface area contributed by atoms with E-state index in [1.807, 2.05) is 13.8 Å². The number of carbonyl (C=O) groups is 1. The van der Waals surface area contributed by atoms with Crippen molar-refractivity contribution >= 4 is 6.16 Å². The van der Waals surface area contributed by atoms with Crippen molar-refractivity contribution < 1.29 is 23.7 Å². The molecule has 0 saturated carbocycles. The first-order chi connectivity index (χ1) is 8.81. The van der Waals surface area contributed by atoms with E-state index in [1.54, 1.807) is 0 Å². The standard InChI is InChI=1S/C13H26O5/c1-3-5-9-17-13(14)18-10-7-6-8-16-12-11-15-4-2/h3-12H2,1-2H3. The first-order valence-corrected chi connectivity index (χ1v) is 6.76. The molecule has 0 unspecified atom stereocenters. The lowest BCUT2D eigenvalue weighted by atomic mass is 10.3. The Kier molecular flexibility index (Phi) is 13.6. The minimum Gasteiger partial charge on any atom is -0.434 e. The molecule has 0 heterocycles. The summed E-state index contributed by atoms with van der Waals surface area (Å²) in [5.74, 6) is 0. The molecule has 5 heteroatoms. The van der Waals surface area contributed by atoms with Gasteiger partial charge in [-0.05, 0) is 26.2 Å². The average molecular weight is 262 g/mol. The first-order valence-electron chi connectivity index (χ1n) is 6.76. The lowest BCUT2D eigenvalue weighted by Crippen LogP contribution is -2.10. The summed E-state index contributed by atoms with van der Waals surface area (Å²) in [5, 5.41) is 0. The number of rotatable bonds is 12. The van der Waals surface area contributed by atoms with Crippen LogP contribution in [0.25, 0.3) is 0 Å². The van der Waals surface area contributed by atoms with Gasteiger partial charge in [0.2, 0.25) is 0 Å². The van der Waals surface area contributed by atoms with Crippen LogP contribution in [0.3, 0.4) is 0 Å². The van der Waals surface area contributed by atoms with E-state index in [0.29, 0.717) is 33.0 Å². The second kappa shape index (κ2) is 14.3. The molecule has 0 rings (SSSR count). The Labute approximate surface area is 110 Å². The van der Waals surface area contributed by atoms with E-state index in [1.165, 1.54) is 0 Å². The summed E-state index contributed by atoms with van der Waals surface area (Å²) in [5.41, 5.74) is 0. The number of carbonyl (C=O) groups excluding carboxylic acids is 1.